The van der Waals surface area contributed by atoms with E-state index in [9.17, 15) is 9.59 Å². The van der Waals surface area contributed by atoms with E-state index in [1.54, 1.807) is 7.05 Å². The van der Waals surface area contributed by atoms with E-state index in [0.717, 1.165) is 19.3 Å². The summed E-state index contributed by atoms with van der Waals surface area (Å²) in [7, 11) is 2.96. The summed E-state index contributed by atoms with van der Waals surface area (Å²) in [5, 5.41) is 5.13. The fourth-order valence-electron chi connectivity index (χ4n) is 0.963. The van der Waals surface area contributed by atoms with E-state index in [1.165, 1.54) is 7.11 Å². The Morgan fingerprint density at radius 2 is 1.93 bits per heavy atom. The second kappa shape index (κ2) is 8.34. The third-order valence-electron chi connectivity index (χ3n) is 1.80. The second-order valence-corrected chi connectivity index (χ2v) is 2.89. The van der Waals surface area contributed by atoms with Gasteiger partial charge in [0.1, 0.15) is 0 Å². The minimum atomic E-state index is -0.177. The van der Waals surface area contributed by atoms with Crippen LogP contribution in [-0.4, -0.2) is 32.7 Å². The third kappa shape index (κ3) is 7.39. The van der Waals surface area contributed by atoms with Gasteiger partial charge in [-0.25, -0.2) is 4.79 Å². The molecule has 0 saturated heterocycles. The van der Waals surface area contributed by atoms with Crippen LogP contribution in [0.25, 0.3) is 0 Å². The van der Waals surface area contributed by atoms with Crippen LogP contribution in [0.15, 0.2) is 0 Å². The zero-order valence-corrected chi connectivity index (χ0v) is 8.76. The quantitative estimate of drug-likeness (QED) is 0.491. The molecular formula is C9H18N2O3. The number of ether oxygens (including phenoxy) is 1. The molecule has 0 aliphatic heterocycles. The normalized spacial score (nSPS) is 9.29. The highest BCUT2D eigenvalue weighted by molar-refractivity contribution is 5.73. The Bertz CT molecular complexity index is 163. The molecular weight excluding hydrogens is 184 g/mol. The molecule has 0 saturated carbocycles. The molecule has 0 spiro atoms. The first-order valence-corrected chi connectivity index (χ1v) is 4.73. The summed E-state index contributed by atoms with van der Waals surface area (Å²) in [6.45, 7) is 0.640. The fraction of sp³-hybridized carbons (Fsp3) is 0.778. The van der Waals surface area contributed by atoms with Gasteiger partial charge in [0.15, 0.2) is 0 Å². The third-order valence-corrected chi connectivity index (χ3v) is 1.80. The fourth-order valence-corrected chi connectivity index (χ4v) is 0.963. The maximum Gasteiger partial charge on any atom is 0.314 e. The van der Waals surface area contributed by atoms with Gasteiger partial charge in [-0.2, -0.15) is 0 Å². The highest BCUT2D eigenvalue weighted by Crippen LogP contribution is 1.99. The Morgan fingerprint density at radius 1 is 1.21 bits per heavy atom. The molecule has 0 aliphatic rings. The highest BCUT2D eigenvalue weighted by atomic mass is 16.5. The molecule has 0 fully saturated rings. The molecule has 0 rings (SSSR count). The topological polar surface area (TPSA) is 67.4 Å². The van der Waals surface area contributed by atoms with Gasteiger partial charge >= 0.3 is 12.0 Å². The van der Waals surface area contributed by atoms with Gasteiger partial charge in [-0.05, 0) is 12.8 Å². The van der Waals surface area contributed by atoms with Crippen molar-refractivity contribution in [2.75, 3.05) is 20.7 Å². The zero-order chi connectivity index (χ0) is 10.8. The van der Waals surface area contributed by atoms with Crippen LogP contribution < -0.4 is 10.6 Å². The number of carbonyl (C=O) groups excluding carboxylic acids is 2. The van der Waals surface area contributed by atoms with Gasteiger partial charge in [0.05, 0.1) is 7.11 Å². The molecule has 0 aliphatic carbocycles. The van der Waals surface area contributed by atoms with Crippen LogP contribution in [0.3, 0.4) is 0 Å². The van der Waals surface area contributed by atoms with E-state index in [-0.39, 0.29) is 12.0 Å². The number of unbranched alkanes of at least 4 members (excludes halogenated alkanes) is 2. The molecule has 0 bridgehead atoms. The van der Waals surface area contributed by atoms with Crippen LogP contribution in [0.5, 0.6) is 0 Å². The maximum atomic E-state index is 10.7. The highest BCUT2D eigenvalue weighted by Gasteiger charge is 1.99. The zero-order valence-electron chi connectivity index (χ0n) is 8.76. The average Bonchev–Trinajstić information content (AvgIpc) is 2.22. The van der Waals surface area contributed by atoms with Crippen LogP contribution >= 0.6 is 0 Å². The number of hydrogen-bond donors (Lipinski definition) is 2. The molecule has 0 aromatic rings. The van der Waals surface area contributed by atoms with Crippen molar-refractivity contribution in [2.24, 2.45) is 0 Å². The van der Waals surface area contributed by atoms with Gasteiger partial charge < -0.3 is 15.4 Å². The van der Waals surface area contributed by atoms with E-state index >= 15 is 0 Å². The number of carbonyl (C=O) groups is 2. The second-order valence-electron chi connectivity index (χ2n) is 2.89. The number of amides is 2. The van der Waals surface area contributed by atoms with Crippen LogP contribution in [0.2, 0.25) is 0 Å². The van der Waals surface area contributed by atoms with Crippen molar-refractivity contribution in [3.63, 3.8) is 0 Å². The van der Waals surface area contributed by atoms with E-state index in [0.29, 0.717) is 13.0 Å². The summed E-state index contributed by atoms with van der Waals surface area (Å²) in [4.78, 5) is 21.4. The van der Waals surface area contributed by atoms with Crippen molar-refractivity contribution in [2.45, 2.75) is 25.7 Å². The molecule has 0 unspecified atom stereocenters. The van der Waals surface area contributed by atoms with Gasteiger partial charge in [-0.1, -0.05) is 6.42 Å². The molecule has 5 heteroatoms. The van der Waals surface area contributed by atoms with Crippen LogP contribution in [0, 0.1) is 0 Å². The average molecular weight is 202 g/mol. The Hall–Kier alpha value is -1.26. The van der Waals surface area contributed by atoms with Crippen LogP contribution in [0.1, 0.15) is 25.7 Å². The van der Waals surface area contributed by atoms with E-state index in [2.05, 4.69) is 15.4 Å². The van der Waals surface area contributed by atoms with Crippen LogP contribution in [0.4, 0.5) is 4.79 Å². The summed E-state index contributed by atoms with van der Waals surface area (Å²) in [6.07, 6.45) is 3.06. The largest absolute Gasteiger partial charge is 0.469 e. The molecule has 0 aromatic carbocycles. The van der Waals surface area contributed by atoms with Crippen molar-refractivity contribution in [1.29, 1.82) is 0 Å². The number of methoxy groups -OCH3 is 1. The lowest BCUT2D eigenvalue weighted by atomic mass is 10.2. The molecule has 0 radical (unpaired) electrons. The molecule has 2 N–H and O–H groups in total. The van der Waals surface area contributed by atoms with Gasteiger partial charge in [-0.3, -0.25) is 4.79 Å². The van der Waals surface area contributed by atoms with E-state index < -0.39 is 0 Å². The standard InChI is InChI=1S/C9H18N2O3/c1-10-9(13)11-7-5-3-4-6-8(12)14-2/h3-7H2,1-2H3,(H2,10,11,13). The molecule has 14 heavy (non-hydrogen) atoms. The lowest BCUT2D eigenvalue weighted by molar-refractivity contribution is -0.140. The van der Waals surface area contributed by atoms with Crippen molar-refractivity contribution in [1.82, 2.24) is 10.6 Å². The van der Waals surface area contributed by atoms with Gasteiger partial charge in [0, 0.05) is 20.0 Å². The predicted molar refractivity (Wildman–Crippen MR) is 52.9 cm³/mol. The van der Waals surface area contributed by atoms with Crippen molar-refractivity contribution in [3.05, 3.63) is 0 Å². The lowest BCUT2D eigenvalue weighted by Crippen LogP contribution is -2.33. The first-order chi connectivity index (χ1) is 6.70. The Morgan fingerprint density at radius 3 is 2.50 bits per heavy atom. The number of hydrogen-bond acceptors (Lipinski definition) is 3. The summed E-state index contributed by atoms with van der Waals surface area (Å²) < 4.78 is 4.49. The molecule has 0 aromatic heterocycles. The number of nitrogens with one attached hydrogen (secondary N) is 2. The Balaban J connectivity index is 3.14. The smallest absolute Gasteiger partial charge is 0.314 e. The predicted octanol–water partition coefficient (Wildman–Crippen LogP) is 0.649. The van der Waals surface area contributed by atoms with E-state index in [4.69, 9.17) is 0 Å². The number of rotatable bonds is 6. The van der Waals surface area contributed by atoms with Gasteiger partial charge in [-0.15, -0.1) is 0 Å². The van der Waals surface area contributed by atoms with Crippen molar-refractivity contribution in [3.8, 4) is 0 Å². The van der Waals surface area contributed by atoms with Crippen molar-refractivity contribution < 1.29 is 14.3 Å². The molecule has 2 amide bonds. The molecule has 5 nitrogen and oxygen atoms in total. The maximum absolute atomic E-state index is 10.7. The minimum absolute atomic E-state index is 0.169. The molecule has 0 atom stereocenters. The summed E-state index contributed by atoms with van der Waals surface area (Å²) >= 11 is 0. The van der Waals surface area contributed by atoms with Crippen molar-refractivity contribution >= 4 is 12.0 Å². The SMILES string of the molecule is CNC(=O)NCCCCCC(=O)OC. The Labute approximate surface area is 84.2 Å². The first kappa shape index (κ1) is 12.7. The summed E-state index contributed by atoms with van der Waals surface area (Å²) in [5.74, 6) is -0.177. The lowest BCUT2D eigenvalue weighted by Gasteiger charge is -2.03. The summed E-state index contributed by atoms with van der Waals surface area (Å²) in [6, 6.07) is -0.169. The minimum Gasteiger partial charge on any atom is -0.469 e. The summed E-state index contributed by atoms with van der Waals surface area (Å²) in [5.41, 5.74) is 0. The van der Waals surface area contributed by atoms with Gasteiger partial charge in [0.2, 0.25) is 0 Å². The van der Waals surface area contributed by atoms with Gasteiger partial charge in [0.25, 0.3) is 0 Å². The van der Waals surface area contributed by atoms with E-state index in [1.807, 2.05) is 0 Å². The number of urea groups is 1. The Kier molecular flexibility index (Phi) is 7.59. The van der Waals surface area contributed by atoms with Crippen LogP contribution in [-0.2, 0) is 9.53 Å². The monoisotopic (exact) mass is 202 g/mol. The molecule has 0 heterocycles. The molecule has 82 valence electrons. The first-order valence-electron chi connectivity index (χ1n) is 4.73. The number of esters is 1.